The molecule has 1 aromatic heterocycles. The van der Waals surface area contributed by atoms with Crippen molar-refractivity contribution in [3.8, 4) is 0 Å². The number of benzene rings is 1. The van der Waals surface area contributed by atoms with Crippen molar-refractivity contribution in [3.05, 3.63) is 28.7 Å². The first-order valence-electron chi connectivity index (χ1n) is 9.03. The van der Waals surface area contributed by atoms with Crippen molar-refractivity contribution >= 4 is 28.5 Å². The Bertz CT molecular complexity index is 928. The number of fused-ring (bicyclic) bond motifs is 1. The van der Waals surface area contributed by atoms with Crippen LogP contribution in [0.3, 0.4) is 0 Å². The summed E-state index contributed by atoms with van der Waals surface area (Å²) in [6.07, 6.45) is 1.11. The number of nitrogens with zero attached hydrogens (tertiary/aromatic N) is 4. The number of carbonyl (C=O) groups is 2. The molecule has 2 aliphatic heterocycles. The summed E-state index contributed by atoms with van der Waals surface area (Å²) in [5.41, 5.74) is 1.95. The molecule has 138 valence electrons. The van der Waals surface area contributed by atoms with Gasteiger partial charge in [-0.25, -0.2) is 4.79 Å². The maximum absolute atomic E-state index is 12.8. The first-order valence-corrected chi connectivity index (χ1v) is 9.03. The second-order valence-corrected chi connectivity index (χ2v) is 7.08. The molecule has 0 saturated carbocycles. The molecule has 4 rings (SSSR count). The minimum Gasteiger partial charge on any atom is -0.369 e. The van der Waals surface area contributed by atoms with Crippen LogP contribution < -0.4 is 20.9 Å². The Morgan fingerprint density at radius 1 is 1.08 bits per heavy atom. The predicted octanol–water partition coefficient (Wildman–Crippen LogP) is 0.313. The van der Waals surface area contributed by atoms with E-state index < -0.39 is 0 Å². The monoisotopic (exact) mass is 357 g/mol. The maximum Gasteiger partial charge on any atom is 0.348 e. The van der Waals surface area contributed by atoms with Crippen LogP contribution in [0.25, 0.3) is 11.0 Å². The van der Waals surface area contributed by atoms with Gasteiger partial charge in [0.25, 0.3) is 0 Å². The van der Waals surface area contributed by atoms with Gasteiger partial charge in [0.05, 0.1) is 11.0 Å². The fourth-order valence-electron chi connectivity index (χ4n) is 3.83. The van der Waals surface area contributed by atoms with Gasteiger partial charge in [0.1, 0.15) is 0 Å². The van der Waals surface area contributed by atoms with Crippen molar-refractivity contribution in [2.75, 3.05) is 29.5 Å². The summed E-state index contributed by atoms with van der Waals surface area (Å²) in [5.74, 6) is -0.647. The Morgan fingerprint density at radius 2 is 1.81 bits per heavy atom. The zero-order valence-electron chi connectivity index (χ0n) is 15.1. The average molecular weight is 357 g/mol. The van der Waals surface area contributed by atoms with Crippen molar-refractivity contribution in [2.24, 2.45) is 7.05 Å². The van der Waals surface area contributed by atoms with Gasteiger partial charge in [0.15, 0.2) is 0 Å². The summed E-state index contributed by atoms with van der Waals surface area (Å²) in [6.45, 7) is 4.84. The molecule has 2 amide bonds. The molecule has 3 heterocycles. The Balaban J connectivity index is 1.81. The van der Waals surface area contributed by atoms with Gasteiger partial charge < -0.3 is 10.2 Å². The van der Waals surface area contributed by atoms with Gasteiger partial charge in [-0.15, -0.1) is 0 Å². The van der Waals surface area contributed by atoms with Gasteiger partial charge >= 0.3 is 5.69 Å². The minimum atomic E-state index is -0.380. The quantitative estimate of drug-likeness (QED) is 0.783. The molecule has 2 fully saturated rings. The second kappa shape index (κ2) is 6.28. The molecule has 1 N–H and O–H groups in total. The first kappa shape index (κ1) is 16.8. The van der Waals surface area contributed by atoms with Gasteiger partial charge in [0.2, 0.25) is 11.8 Å². The number of piperazine rings is 1. The van der Waals surface area contributed by atoms with Crippen LogP contribution in [-0.2, 0) is 16.6 Å². The smallest absolute Gasteiger partial charge is 0.348 e. The zero-order chi connectivity index (χ0) is 18.4. The molecular formula is C18H23N5O3. The predicted molar refractivity (Wildman–Crippen MR) is 98.9 cm³/mol. The van der Waals surface area contributed by atoms with E-state index in [2.05, 4.69) is 17.1 Å². The molecule has 2 aromatic rings. The van der Waals surface area contributed by atoms with E-state index in [1.54, 1.807) is 7.05 Å². The average Bonchev–Trinajstić information content (AvgIpc) is 2.86. The lowest BCUT2D eigenvalue weighted by Crippen LogP contribution is -2.52. The third-order valence-corrected chi connectivity index (χ3v) is 5.20. The summed E-state index contributed by atoms with van der Waals surface area (Å²) in [4.78, 5) is 39.6. The highest BCUT2D eigenvalue weighted by Crippen LogP contribution is 2.24. The van der Waals surface area contributed by atoms with Crippen molar-refractivity contribution in [1.29, 1.82) is 0 Å². The van der Waals surface area contributed by atoms with E-state index in [4.69, 9.17) is 0 Å². The van der Waals surface area contributed by atoms with Crippen LogP contribution in [0.15, 0.2) is 23.0 Å². The lowest BCUT2D eigenvalue weighted by Gasteiger charge is -2.33. The number of aromatic nitrogens is 2. The van der Waals surface area contributed by atoms with Crippen LogP contribution in [0.5, 0.6) is 0 Å². The first-order chi connectivity index (χ1) is 12.5. The highest BCUT2D eigenvalue weighted by atomic mass is 16.2. The minimum absolute atomic E-state index is 0.283. The Morgan fingerprint density at radius 3 is 2.50 bits per heavy atom. The summed E-state index contributed by atoms with van der Waals surface area (Å²) in [7, 11) is 1.67. The molecule has 1 aromatic carbocycles. The molecule has 0 radical (unpaired) electrons. The normalized spacial score (nSPS) is 21.7. The number of hydrogen-bond acceptors (Lipinski definition) is 5. The summed E-state index contributed by atoms with van der Waals surface area (Å²) in [5, 5.41) is 4.43. The number of aryl methyl sites for hydroxylation is 1. The molecule has 0 aliphatic carbocycles. The molecule has 2 saturated heterocycles. The van der Waals surface area contributed by atoms with Crippen LogP contribution in [0.1, 0.15) is 26.2 Å². The highest BCUT2D eigenvalue weighted by Gasteiger charge is 2.31. The van der Waals surface area contributed by atoms with Crippen molar-refractivity contribution in [1.82, 2.24) is 14.6 Å². The lowest BCUT2D eigenvalue weighted by atomic mass is 10.1. The largest absolute Gasteiger partial charge is 0.369 e. The van der Waals surface area contributed by atoms with Crippen molar-refractivity contribution in [3.63, 3.8) is 0 Å². The van der Waals surface area contributed by atoms with Crippen LogP contribution in [0, 0.1) is 0 Å². The Kier molecular flexibility index (Phi) is 4.07. The highest BCUT2D eigenvalue weighted by molar-refractivity contribution is 6.11. The van der Waals surface area contributed by atoms with E-state index in [0.717, 1.165) is 30.3 Å². The molecule has 26 heavy (non-hydrogen) atoms. The van der Waals surface area contributed by atoms with Crippen molar-refractivity contribution < 1.29 is 9.59 Å². The summed E-state index contributed by atoms with van der Waals surface area (Å²) in [6, 6.07) is 6.14. The summed E-state index contributed by atoms with van der Waals surface area (Å²) < 4.78 is 2.73. The van der Waals surface area contributed by atoms with E-state index in [-0.39, 0.29) is 30.3 Å². The fraction of sp³-hybridized carbons (Fsp3) is 0.500. The number of amides is 2. The number of carbonyl (C=O) groups excluding carboxylic acids is 2. The third kappa shape index (κ3) is 2.61. The SMILES string of the molecule is C[C@H]1CN(c2ccc3c(c2)n(C)c(=O)n3N2C(=O)CCCC2=O)CCN1. The molecule has 0 spiro atoms. The van der Waals surface area contributed by atoms with E-state index in [9.17, 15) is 14.4 Å². The molecular weight excluding hydrogens is 334 g/mol. The van der Waals surface area contributed by atoms with E-state index in [1.165, 1.54) is 9.24 Å². The molecule has 8 heteroatoms. The van der Waals surface area contributed by atoms with Gasteiger partial charge in [-0.3, -0.25) is 14.2 Å². The fourth-order valence-corrected chi connectivity index (χ4v) is 3.83. The van der Waals surface area contributed by atoms with Crippen LogP contribution in [0.4, 0.5) is 5.69 Å². The molecule has 2 aliphatic rings. The number of imide groups is 1. The van der Waals surface area contributed by atoms with Gasteiger partial charge in [0, 0.05) is 51.3 Å². The Hall–Kier alpha value is -2.61. The van der Waals surface area contributed by atoms with Crippen LogP contribution in [0.2, 0.25) is 0 Å². The third-order valence-electron chi connectivity index (χ3n) is 5.20. The van der Waals surface area contributed by atoms with Gasteiger partial charge in [-0.2, -0.15) is 9.69 Å². The van der Waals surface area contributed by atoms with E-state index >= 15 is 0 Å². The lowest BCUT2D eigenvalue weighted by molar-refractivity contribution is -0.131. The van der Waals surface area contributed by atoms with E-state index in [1.807, 2.05) is 18.2 Å². The molecule has 8 nitrogen and oxygen atoms in total. The maximum atomic E-state index is 12.8. The number of piperidine rings is 1. The number of nitrogens with one attached hydrogen (secondary N) is 1. The number of imidazole rings is 1. The molecule has 0 bridgehead atoms. The Labute approximate surface area is 150 Å². The number of rotatable bonds is 2. The molecule has 1 atom stereocenters. The van der Waals surface area contributed by atoms with Gasteiger partial charge in [-0.05, 0) is 31.5 Å². The topological polar surface area (TPSA) is 79.6 Å². The van der Waals surface area contributed by atoms with Crippen LogP contribution >= 0.6 is 0 Å². The zero-order valence-corrected chi connectivity index (χ0v) is 15.1. The number of anilines is 1. The van der Waals surface area contributed by atoms with Crippen LogP contribution in [-0.4, -0.2) is 46.7 Å². The van der Waals surface area contributed by atoms with Gasteiger partial charge in [-0.1, -0.05) is 0 Å². The standard InChI is InChI=1S/C18H23N5O3/c1-12-11-21(9-8-19-12)13-6-7-14-15(10-13)20(2)18(26)22(14)23-16(24)4-3-5-17(23)25/h6-7,10,12,19H,3-5,8-9,11H2,1-2H3/t12-/m0/s1. The second-order valence-electron chi connectivity index (χ2n) is 7.08. The number of hydrogen-bond donors (Lipinski definition) is 1. The van der Waals surface area contributed by atoms with E-state index in [0.29, 0.717) is 23.5 Å². The molecule has 0 unspecified atom stereocenters. The van der Waals surface area contributed by atoms with Crippen molar-refractivity contribution in [2.45, 2.75) is 32.2 Å². The summed E-state index contributed by atoms with van der Waals surface area (Å²) >= 11 is 0.